The lowest BCUT2D eigenvalue weighted by molar-refractivity contribution is 0.922. The van der Waals surface area contributed by atoms with E-state index >= 15 is 0 Å². The standard InChI is InChI=1S/C38H34S2/c1-3-5-27-7-11-29(12-8-27)31-15-19-33(20-16-31)35-23-25-37(39-35)38-26-24-36(40-38)34-21-17-32(18-22-34)30-13-9-28(6-4-2)10-14-30/h7-26H,3-6H2,1-2H3. The first-order chi connectivity index (χ1) is 19.7. The molecule has 0 aliphatic rings. The van der Waals surface area contributed by atoms with Crippen molar-refractivity contribution >= 4 is 22.7 Å². The molecule has 0 saturated heterocycles. The van der Waals surface area contributed by atoms with Crippen LogP contribution in [0.4, 0.5) is 0 Å². The van der Waals surface area contributed by atoms with Gasteiger partial charge < -0.3 is 0 Å². The summed E-state index contributed by atoms with van der Waals surface area (Å²) in [6, 6.07) is 45.1. The van der Waals surface area contributed by atoms with Gasteiger partial charge in [0.25, 0.3) is 0 Å². The van der Waals surface area contributed by atoms with Gasteiger partial charge in [-0.2, -0.15) is 0 Å². The minimum absolute atomic E-state index is 1.14. The Bertz CT molecular complexity index is 1530. The molecule has 0 radical (unpaired) electrons. The molecule has 0 aliphatic carbocycles. The van der Waals surface area contributed by atoms with Gasteiger partial charge in [0.05, 0.1) is 0 Å². The van der Waals surface area contributed by atoms with E-state index in [9.17, 15) is 0 Å². The van der Waals surface area contributed by atoms with E-state index in [0.29, 0.717) is 0 Å². The largest absolute Gasteiger partial charge is 0.134 e. The molecular formula is C38H34S2. The monoisotopic (exact) mass is 554 g/mol. The maximum Gasteiger partial charge on any atom is 0.0449 e. The van der Waals surface area contributed by atoms with Crippen molar-refractivity contribution < 1.29 is 0 Å². The molecule has 0 bridgehead atoms. The summed E-state index contributed by atoms with van der Waals surface area (Å²) in [6.45, 7) is 4.46. The van der Waals surface area contributed by atoms with E-state index in [1.54, 1.807) is 0 Å². The van der Waals surface area contributed by atoms with Crippen molar-refractivity contribution in [3.05, 3.63) is 132 Å². The third-order valence-corrected chi connectivity index (χ3v) is 9.91. The number of rotatable bonds is 9. The van der Waals surface area contributed by atoms with E-state index in [0.717, 1.165) is 12.8 Å². The van der Waals surface area contributed by atoms with Crippen LogP contribution >= 0.6 is 22.7 Å². The molecule has 2 aromatic heterocycles. The van der Waals surface area contributed by atoms with E-state index in [-0.39, 0.29) is 0 Å². The zero-order valence-corrected chi connectivity index (χ0v) is 24.8. The Morgan fingerprint density at radius 3 is 0.925 bits per heavy atom. The van der Waals surface area contributed by atoms with Crippen LogP contribution in [-0.4, -0.2) is 0 Å². The van der Waals surface area contributed by atoms with Crippen LogP contribution in [0.1, 0.15) is 37.8 Å². The van der Waals surface area contributed by atoms with Gasteiger partial charge in [-0.3, -0.25) is 0 Å². The van der Waals surface area contributed by atoms with Crippen LogP contribution in [0.3, 0.4) is 0 Å². The molecule has 0 nitrogen and oxygen atoms in total. The van der Waals surface area contributed by atoms with Gasteiger partial charge in [-0.15, -0.1) is 22.7 Å². The lowest BCUT2D eigenvalue weighted by Crippen LogP contribution is -1.83. The lowest BCUT2D eigenvalue weighted by atomic mass is 10.0. The molecule has 0 amide bonds. The highest BCUT2D eigenvalue weighted by molar-refractivity contribution is 7.25. The maximum absolute atomic E-state index is 2.27. The second kappa shape index (κ2) is 12.2. The second-order valence-corrected chi connectivity index (χ2v) is 12.5. The molecule has 0 N–H and O–H groups in total. The first-order valence-electron chi connectivity index (χ1n) is 14.3. The van der Waals surface area contributed by atoms with Gasteiger partial charge in [0.1, 0.15) is 0 Å². The van der Waals surface area contributed by atoms with Gasteiger partial charge in [-0.05, 0) is 81.6 Å². The fourth-order valence-corrected chi connectivity index (χ4v) is 7.32. The molecule has 0 spiro atoms. The van der Waals surface area contributed by atoms with Crippen LogP contribution in [0.25, 0.3) is 52.9 Å². The highest BCUT2D eigenvalue weighted by Gasteiger charge is 2.10. The van der Waals surface area contributed by atoms with E-state index in [4.69, 9.17) is 0 Å². The molecule has 6 rings (SSSR count). The van der Waals surface area contributed by atoms with Crippen LogP contribution in [0.2, 0.25) is 0 Å². The average Bonchev–Trinajstić information content (AvgIpc) is 3.70. The second-order valence-electron chi connectivity index (χ2n) is 10.4. The van der Waals surface area contributed by atoms with Crippen molar-refractivity contribution in [1.29, 1.82) is 0 Å². The van der Waals surface area contributed by atoms with Crippen LogP contribution in [0, 0.1) is 0 Å². The summed E-state index contributed by atoms with van der Waals surface area (Å²) in [4.78, 5) is 5.27. The Hall–Kier alpha value is -3.72. The Balaban J connectivity index is 1.15. The molecule has 0 saturated carbocycles. The van der Waals surface area contributed by atoms with Gasteiger partial charge in [0, 0.05) is 19.5 Å². The Labute approximate surface area is 246 Å². The van der Waals surface area contributed by atoms with Gasteiger partial charge in [-0.25, -0.2) is 0 Å². The van der Waals surface area contributed by atoms with Gasteiger partial charge in [0.15, 0.2) is 0 Å². The van der Waals surface area contributed by atoms with Crippen molar-refractivity contribution in [2.24, 2.45) is 0 Å². The van der Waals surface area contributed by atoms with Crippen molar-refractivity contribution in [2.45, 2.75) is 39.5 Å². The summed E-state index contributed by atoms with van der Waals surface area (Å²) < 4.78 is 0. The predicted octanol–water partition coefficient (Wildman–Crippen LogP) is 12.0. The number of hydrogen-bond acceptors (Lipinski definition) is 2. The van der Waals surface area contributed by atoms with E-state index < -0.39 is 0 Å². The molecule has 198 valence electrons. The summed E-state index contributed by atoms with van der Waals surface area (Å²) in [5.41, 5.74) is 10.5. The first-order valence-corrected chi connectivity index (χ1v) is 15.9. The zero-order valence-electron chi connectivity index (χ0n) is 23.2. The summed E-state index contributed by atoms with van der Waals surface area (Å²) in [7, 11) is 0. The van der Waals surface area contributed by atoms with Crippen molar-refractivity contribution in [1.82, 2.24) is 0 Å². The highest BCUT2D eigenvalue weighted by Crippen LogP contribution is 2.41. The third kappa shape index (κ3) is 5.89. The third-order valence-electron chi connectivity index (χ3n) is 7.45. The van der Waals surface area contributed by atoms with Crippen LogP contribution in [-0.2, 0) is 12.8 Å². The van der Waals surface area contributed by atoms with E-state index in [1.165, 1.54) is 76.9 Å². The summed E-state index contributed by atoms with van der Waals surface area (Å²) in [6.07, 6.45) is 4.66. The molecule has 0 atom stereocenters. The van der Waals surface area contributed by atoms with Crippen molar-refractivity contribution in [3.63, 3.8) is 0 Å². The van der Waals surface area contributed by atoms with E-state index in [1.807, 2.05) is 22.7 Å². The quantitative estimate of drug-likeness (QED) is 0.167. The van der Waals surface area contributed by atoms with Gasteiger partial charge >= 0.3 is 0 Å². The van der Waals surface area contributed by atoms with E-state index in [2.05, 4.69) is 135 Å². The zero-order chi connectivity index (χ0) is 27.3. The molecule has 6 aromatic rings. The summed E-state index contributed by atoms with van der Waals surface area (Å²) in [5.74, 6) is 0. The first kappa shape index (κ1) is 26.5. The molecule has 0 fully saturated rings. The summed E-state index contributed by atoms with van der Waals surface area (Å²) in [5, 5.41) is 0. The predicted molar refractivity (Wildman–Crippen MR) is 177 cm³/mol. The average molecular weight is 555 g/mol. The Kier molecular flexibility index (Phi) is 8.09. The molecule has 0 aliphatic heterocycles. The normalized spacial score (nSPS) is 11.2. The van der Waals surface area contributed by atoms with Crippen molar-refractivity contribution in [2.75, 3.05) is 0 Å². The number of benzene rings is 4. The minimum Gasteiger partial charge on any atom is -0.134 e. The van der Waals surface area contributed by atoms with Crippen LogP contribution < -0.4 is 0 Å². The molecule has 2 heteroatoms. The number of thiophene rings is 2. The molecule has 2 heterocycles. The molecule has 0 unspecified atom stereocenters. The number of aryl methyl sites for hydroxylation is 2. The molecular weight excluding hydrogens is 521 g/mol. The van der Waals surface area contributed by atoms with Gasteiger partial charge in [0.2, 0.25) is 0 Å². The van der Waals surface area contributed by atoms with Crippen molar-refractivity contribution in [3.8, 4) is 52.9 Å². The maximum atomic E-state index is 2.27. The molecule has 4 aromatic carbocycles. The Morgan fingerprint density at radius 2 is 0.600 bits per heavy atom. The fourth-order valence-electron chi connectivity index (χ4n) is 5.21. The van der Waals surface area contributed by atoms with Gasteiger partial charge in [-0.1, -0.05) is 124 Å². The molecule has 40 heavy (non-hydrogen) atoms. The summed E-state index contributed by atoms with van der Waals surface area (Å²) >= 11 is 3.74. The fraction of sp³-hybridized carbons (Fsp3) is 0.158. The number of hydrogen-bond donors (Lipinski definition) is 0. The smallest absolute Gasteiger partial charge is 0.0449 e. The lowest BCUT2D eigenvalue weighted by Gasteiger charge is -2.05. The Morgan fingerprint density at radius 1 is 0.325 bits per heavy atom. The van der Waals surface area contributed by atoms with Crippen LogP contribution in [0.15, 0.2) is 121 Å². The topological polar surface area (TPSA) is 0 Å². The minimum atomic E-state index is 1.14. The SMILES string of the molecule is CCCc1ccc(-c2ccc(-c3ccc(-c4ccc(-c5ccc(-c6ccc(CCC)cc6)cc5)s4)s3)cc2)cc1. The van der Waals surface area contributed by atoms with Crippen LogP contribution in [0.5, 0.6) is 0 Å². The highest BCUT2D eigenvalue weighted by atomic mass is 32.1.